The number of nitrogens with one attached hydrogen (secondary N) is 2. The zero-order valence-corrected chi connectivity index (χ0v) is 17.3. The van der Waals surface area contributed by atoms with Gasteiger partial charge in [0.1, 0.15) is 11.9 Å². The van der Waals surface area contributed by atoms with Gasteiger partial charge in [0.2, 0.25) is 0 Å². The highest BCUT2D eigenvalue weighted by atomic mass is 35.5. The Morgan fingerprint density at radius 2 is 1.93 bits per heavy atom. The lowest BCUT2D eigenvalue weighted by atomic mass is 10.2. The van der Waals surface area contributed by atoms with Crippen molar-refractivity contribution in [1.29, 1.82) is 0 Å². The van der Waals surface area contributed by atoms with Crippen LogP contribution in [0.4, 0.5) is 5.69 Å². The van der Waals surface area contributed by atoms with Crippen molar-refractivity contribution in [3.63, 3.8) is 0 Å². The van der Waals surface area contributed by atoms with Crippen molar-refractivity contribution in [2.75, 3.05) is 11.9 Å². The molecule has 0 spiro atoms. The molecule has 1 aromatic carbocycles. The van der Waals surface area contributed by atoms with Crippen LogP contribution < -0.4 is 10.6 Å². The maximum absolute atomic E-state index is 10.8. The van der Waals surface area contributed by atoms with Gasteiger partial charge in [-0.1, -0.05) is 50.4 Å². The number of halogens is 1. The molecule has 1 unspecified atom stereocenters. The molecule has 0 amide bonds. The minimum absolute atomic E-state index is 0.571. The van der Waals surface area contributed by atoms with Gasteiger partial charge in [-0.15, -0.1) is 0 Å². The molecule has 3 aromatic rings. The van der Waals surface area contributed by atoms with Crippen LogP contribution in [0.25, 0.3) is 5.65 Å². The van der Waals surface area contributed by atoms with Gasteiger partial charge >= 0.3 is 0 Å². The van der Waals surface area contributed by atoms with Crippen LogP contribution in [0.5, 0.6) is 0 Å². The number of imidazole rings is 1. The zero-order chi connectivity index (χ0) is 19.9. The fraction of sp³-hybridized carbons (Fsp3) is 0.409. The Kier molecular flexibility index (Phi) is 7.31. The van der Waals surface area contributed by atoms with Gasteiger partial charge < -0.3 is 10.4 Å². The van der Waals surface area contributed by atoms with Gasteiger partial charge in [-0.3, -0.25) is 9.72 Å². The molecule has 0 aliphatic carbocycles. The Bertz CT molecular complexity index is 891. The lowest BCUT2D eigenvalue weighted by Crippen LogP contribution is -2.22. The summed E-state index contributed by atoms with van der Waals surface area (Å²) in [6.45, 7) is 5.82. The molecule has 0 saturated heterocycles. The van der Waals surface area contributed by atoms with Gasteiger partial charge in [0.05, 0.1) is 11.4 Å². The van der Waals surface area contributed by atoms with E-state index in [0.29, 0.717) is 11.6 Å². The number of hydrogen-bond acceptors (Lipinski definition) is 4. The van der Waals surface area contributed by atoms with Crippen LogP contribution in [-0.2, 0) is 13.0 Å². The third kappa shape index (κ3) is 5.04. The summed E-state index contributed by atoms with van der Waals surface area (Å²) in [5.41, 5.74) is 4.64. The Labute approximate surface area is 171 Å². The highest BCUT2D eigenvalue weighted by Crippen LogP contribution is 2.22. The number of aliphatic hydroxyl groups is 1. The third-order valence-corrected chi connectivity index (χ3v) is 5.09. The topological polar surface area (TPSA) is 61.6 Å². The van der Waals surface area contributed by atoms with Crippen molar-refractivity contribution in [2.45, 2.75) is 52.3 Å². The summed E-state index contributed by atoms with van der Waals surface area (Å²) in [6.07, 6.45) is 5.46. The fourth-order valence-corrected chi connectivity index (χ4v) is 3.45. The number of aryl methyl sites for hydroxylation is 1. The van der Waals surface area contributed by atoms with Crippen LogP contribution in [0.2, 0.25) is 5.02 Å². The summed E-state index contributed by atoms with van der Waals surface area (Å²) in [6, 6.07) is 11.9. The molecule has 0 radical (unpaired) electrons. The molecule has 150 valence electrons. The molecule has 0 bridgehead atoms. The molecule has 0 aliphatic rings. The smallest absolute Gasteiger partial charge is 0.148 e. The van der Waals surface area contributed by atoms with E-state index >= 15 is 0 Å². The van der Waals surface area contributed by atoms with Gasteiger partial charge in [0.15, 0.2) is 0 Å². The predicted octanol–water partition coefficient (Wildman–Crippen LogP) is 4.93. The molecular formula is C22H29ClN4O. The van der Waals surface area contributed by atoms with Crippen molar-refractivity contribution < 1.29 is 5.11 Å². The Hall–Kier alpha value is -2.08. The van der Waals surface area contributed by atoms with E-state index in [9.17, 15) is 5.11 Å². The van der Waals surface area contributed by atoms with Crippen LogP contribution in [0, 0.1) is 0 Å². The summed E-state index contributed by atoms with van der Waals surface area (Å²) >= 11 is 6.07. The van der Waals surface area contributed by atoms with E-state index in [0.717, 1.165) is 41.3 Å². The Morgan fingerprint density at radius 1 is 1.14 bits per heavy atom. The number of benzene rings is 1. The summed E-state index contributed by atoms with van der Waals surface area (Å²) in [7, 11) is 0. The van der Waals surface area contributed by atoms with E-state index in [-0.39, 0.29) is 0 Å². The number of nitrogens with zero attached hydrogens (tertiary/aromatic N) is 2. The molecule has 0 aliphatic heterocycles. The average Bonchev–Trinajstić information content (AvgIpc) is 3.08. The lowest BCUT2D eigenvalue weighted by molar-refractivity contribution is 0.130. The van der Waals surface area contributed by atoms with Gasteiger partial charge in [0.25, 0.3) is 0 Å². The van der Waals surface area contributed by atoms with Gasteiger partial charge in [0, 0.05) is 36.1 Å². The molecule has 0 fully saturated rings. The predicted molar refractivity (Wildman–Crippen MR) is 116 cm³/mol. The van der Waals surface area contributed by atoms with Crippen molar-refractivity contribution in [2.24, 2.45) is 0 Å². The zero-order valence-electron chi connectivity index (χ0n) is 16.6. The molecule has 28 heavy (non-hydrogen) atoms. The van der Waals surface area contributed by atoms with Crippen molar-refractivity contribution in [3.8, 4) is 0 Å². The fourth-order valence-electron chi connectivity index (χ4n) is 3.30. The van der Waals surface area contributed by atoms with Crippen molar-refractivity contribution in [1.82, 2.24) is 14.7 Å². The highest BCUT2D eigenvalue weighted by Gasteiger charge is 2.18. The van der Waals surface area contributed by atoms with Crippen LogP contribution in [0.3, 0.4) is 0 Å². The van der Waals surface area contributed by atoms with E-state index < -0.39 is 6.23 Å². The Morgan fingerprint density at radius 3 is 2.64 bits per heavy atom. The monoisotopic (exact) mass is 400 g/mol. The number of fused-ring (bicyclic) bond motifs is 1. The van der Waals surface area contributed by atoms with E-state index in [1.165, 1.54) is 19.3 Å². The summed E-state index contributed by atoms with van der Waals surface area (Å²) in [5, 5.41) is 18.0. The van der Waals surface area contributed by atoms with E-state index in [1.54, 1.807) is 6.07 Å². The number of aromatic nitrogens is 2. The number of rotatable bonds is 10. The van der Waals surface area contributed by atoms with Gasteiger partial charge in [-0.05, 0) is 36.6 Å². The first-order valence-corrected chi connectivity index (χ1v) is 10.4. The number of pyridine rings is 1. The Balaban J connectivity index is 1.62. The summed E-state index contributed by atoms with van der Waals surface area (Å²) < 4.78 is 1.89. The first-order chi connectivity index (χ1) is 13.6. The minimum Gasteiger partial charge on any atom is -0.385 e. The van der Waals surface area contributed by atoms with Gasteiger partial charge in [-0.25, -0.2) is 4.98 Å². The van der Waals surface area contributed by atoms with Crippen molar-refractivity contribution >= 4 is 22.9 Å². The van der Waals surface area contributed by atoms with Crippen molar-refractivity contribution in [3.05, 3.63) is 64.6 Å². The number of unbranched alkanes of at least 4 members (excludes halogenated alkanes) is 2. The maximum Gasteiger partial charge on any atom is 0.148 e. The number of aliphatic hydroxyl groups excluding tert-OH is 1. The minimum atomic E-state index is -0.807. The maximum atomic E-state index is 10.8. The average molecular weight is 401 g/mol. The molecule has 3 rings (SSSR count). The molecule has 3 N–H and O–H groups in total. The van der Waals surface area contributed by atoms with E-state index in [2.05, 4.69) is 46.8 Å². The molecule has 5 nitrogen and oxygen atoms in total. The van der Waals surface area contributed by atoms with Crippen LogP contribution >= 0.6 is 11.6 Å². The quantitative estimate of drug-likeness (QED) is 0.333. The number of hydrogen-bond donors (Lipinski definition) is 3. The highest BCUT2D eigenvalue weighted by molar-refractivity contribution is 6.30. The lowest BCUT2D eigenvalue weighted by Gasteiger charge is -2.15. The third-order valence-electron chi connectivity index (χ3n) is 4.86. The normalized spacial score (nSPS) is 12.4. The van der Waals surface area contributed by atoms with Crippen LogP contribution in [0.1, 0.15) is 56.3 Å². The first kappa shape index (κ1) is 20.6. The molecule has 2 aromatic heterocycles. The summed E-state index contributed by atoms with van der Waals surface area (Å²) in [4.78, 5) is 4.59. The molecule has 2 heterocycles. The largest absolute Gasteiger partial charge is 0.385 e. The van der Waals surface area contributed by atoms with Crippen LogP contribution in [0.15, 0.2) is 42.6 Å². The second-order valence-corrected chi connectivity index (χ2v) is 7.42. The molecule has 1 atom stereocenters. The SMILES string of the molecule is CCCCCNc1ccc(CNC(O)c2c(CC)nc3cc(Cl)ccn23)cc1. The number of anilines is 1. The van der Waals surface area contributed by atoms with E-state index in [4.69, 9.17) is 11.6 Å². The first-order valence-electron chi connectivity index (χ1n) is 10.0. The standard InChI is InChI=1S/C22H29ClN4O/c1-3-5-6-12-24-18-9-7-16(8-10-18)15-25-22(28)21-19(4-2)26-20-14-17(23)11-13-27(20)21/h7-11,13-14,22,24-25,28H,3-6,12,15H2,1-2H3. The molecule has 6 heteroatoms. The second-order valence-electron chi connectivity index (χ2n) is 6.98. The van der Waals surface area contributed by atoms with Gasteiger partial charge in [-0.2, -0.15) is 0 Å². The molecular weight excluding hydrogens is 372 g/mol. The van der Waals surface area contributed by atoms with Crippen LogP contribution in [-0.4, -0.2) is 21.0 Å². The molecule has 0 saturated carbocycles. The van der Waals surface area contributed by atoms with E-state index in [1.807, 2.05) is 23.6 Å². The summed E-state index contributed by atoms with van der Waals surface area (Å²) in [5.74, 6) is 0. The second kappa shape index (κ2) is 9.92.